The number of alkyl halides is 2. The maximum atomic E-state index is 12.1. The Labute approximate surface area is 104 Å². The third-order valence-electron chi connectivity index (χ3n) is 2.21. The predicted octanol–water partition coefficient (Wildman–Crippen LogP) is 1.40. The number of hydrogen-bond donors (Lipinski definition) is 1. The van der Waals surface area contributed by atoms with Crippen molar-refractivity contribution in [3.8, 4) is 6.01 Å². The smallest absolute Gasteiger partial charge is 0.323 e. The number of hydrogen-bond acceptors (Lipinski definition) is 6. The lowest BCUT2D eigenvalue weighted by Crippen LogP contribution is -2.25. The fourth-order valence-corrected chi connectivity index (χ4v) is 1.31. The van der Waals surface area contributed by atoms with Crippen LogP contribution in [0.4, 0.5) is 20.7 Å². The first-order valence-corrected chi connectivity index (χ1v) is 5.70. The summed E-state index contributed by atoms with van der Waals surface area (Å²) in [5.41, 5.74) is 0. The molecule has 1 heterocycles. The molecule has 0 radical (unpaired) electrons. The van der Waals surface area contributed by atoms with Gasteiger partial charge in [-0.05, 0) is 13.8 Å². The zero-order chi connectivity index (χ0) is 13.5. The lowest BCUT2D eigenvalue weighted by atomic mass is 10.5. The summed E-state index contributed by atoms with van der Waals surface area (Å²) in [5, 5.41) is 2.74. The van der Waals surface area contributed by atoms with E-state index in [9.17, 15) is 8.78 Å². The van der Waals surface area contributed by atoms with Gasteiger partial charge in [-0.25, -0.2) is 8.78 Å². The van der Waals surface area contributed by atoms with Crippen molar-refractivity contribution in [1.82, 2.24) is 15.0 Å². The van der Waals surface area contributed by atoms with Gasteiger partial charge in [-0.1, -0.05) is 0 Å². The zero-order valence-electron chi connectivity index (χ0n) is 10.7. The van der Waals surface area contributed by atoms with Gasteiger partial charge in [0.1, 0.15) is 0 Å². The van der Waals surface area contributed by atoms with Crippen molar-refractivity contribution in [1.29, 1.82) is 0 Å². The zero-order valence-corrected chi connectivity index (χ0v) is 10.7. The van der Waals surface area contributed by atoms with Crippen LogP contribution in [0.2, 0.25) is 0 Å². The van der Waals surface area contributed by atoms with Gasteiger partial charge in [0, 0.05) is 20.1 Å². The third-order valence-corrected chi connectivity index (χ3v) is 2.21. The van der Waals surface area contributed by atoms with Gasteiger partial charge in [0.05, 0.1) is 0 Å². The first-order chi connectivity index (χ1) is 8.60. The van der Waals surface area contributed by atoms with Crippen molar-refractivity contribution in [3.05, 3.63) is 0 Å². The fraction of sp³-hybridized carbons (Fsp3) is 0.700. The van der Waals surface area contributed by atoms with Crippen molar-refractivity contribution < 1.29 is 13.5 Å². The van der Waals surface area contributed by atoms with Crippen molar-refractivity contribution in [2.75, 3.05) is 37.0 Å². The second-order valence-corrected chi connectivity index (χ2v) is 3.37. The van der Waals surface area contributed by atoms with Gasteiger partial charge < -0.3 is 15.0 Å². The van der Waals surface area contributed by atoms with E-state index in [1.54, 1.807) is 7.05 Å². The molecule has 102 valence electrons. The second kappa shape index (κ2) is 6.87. The molecule has 6 nitrogen and oxygen atoms in total. The summed E-state index contributed by atoms with van der Waals surface area (Å²) in [5.74, 6) is 0.694. The molecule has 18 heavy (non-hydrogen) atoms. The summed E-state index contributed by atoms with van der Waals surface area (Å²) >= 11 is 0. The number of nitrogens with one attached hydrogen (secondary N) is 1. The fourth-order valence-electron chi connectivity index (χ4n) is 1.31. The third kappa shape index (κ3) is 3.94. The molecule has 1 rings (SSSR count). The van der Waals surface area contributed by atoms with Gasteiger partial charge in [0.2, 0.25) is 11.9 Å². The maximum absolute atomic E-state index is 12.1. The van der Waals surface area contributed by atoms with Crippen LogP contribution in [-0.4, -0.2) is 48.1 Å². The number of nitrogens with zero attached hydrogens (tertiary/aromatic N) is 4. The molecular weight excluding hydrogens is 244 g/mol. The monoisotopic (exact) mass is 261 g/mol. The minimum atomic E-state index is -2.56. The molecule has 0 spiro atoms. The minimum Gasteiger partial charge on any atom is -0.457 e. The van der Waals surface area contributed by atoms with Crippen LogP contribution in [0.15, 0.2) is 0 Å². The van der Waals surface area contributed by atoms with Crippen LogP contribution < -0.4 is 15.0 Å². The Bertz CT molecular complexity index is 373. The summed E-state index contributed by atoms with van der Waals surface area (Å²) < 4.78 is 29.0. The highest BCUT2D eigenvalue weighted by Gasteiger charge is 2.12. The van der Waals surface area contributed by atoms with Crippen molar-refractivity contribution >= 4 is 11.9 Å². The van der Waals surface area contributed by atoms with E-state index in [2.05, 4.69) is 20.3 Å². The van der Waals surface area contributed by atoms with Gasteiger partial charge >= 0.3 is 6.01 Å². The van der Waals surface area contributed by atoms with Crippen LogP contribution in [-0.2, 0) is 0 Å². The van der Waals surface area contributed by atoms with E-state index < -0.39 is 13.0 Å². The molecule has 0 saturated heterocycles. The summed E-state index contributed by atoms with van der Waals surface area (Å²) in [7, 11) is 1.64. The molecule has 0 atom stereocenters. The second-order valence-electron chi connectivity index (χ2n) is 3.37. The normalized spacial score (nSPS) is 10.6. The molecule has 1 aromatic heterocycles. The SMILES string of the molecule is CCN(CC)c1nc(NC)nc(OCC(F)F)n1. The number of aromatic nitrogens is 3. The lowest BCUT2D eigenvalue weighted by molar-refractivity contribution is 0.0770. The summed E-state index contributed by atoms with van der Waals surface area (Å²) in [6.45, 7) is 4.58. The topological polar surface area (TPSA) is 63.2 Å². The molecule has 0 fully saturated rings. The van der Waals surface area contributed by atoms with Crippen LogP contribution in [0.5, 0.6) is 6.01 Å². The van der Waals surface area contributed by atoms with E-state index in [1.807, 2.05) is 18.7 Å². The minimum absolute atomic E-state index is 0.100. The number of ether oxygens (including phenoxy) is 1. The van der Waals surface area contributed by atoms with Crippen LogP contribution in [0.25, 0.3) is 0 Å². The number of anilines is 2. The van der Waals surface area contributed by atoms with Crippen molar-refractivity contribution in [2.24, 2.45) is 0 Å². The Morgan fingerprint density at radius 2 is 1.89 bits per heavy atom. The molecule has 0 aliphatic heterocycles. The molecule has 0 aliphatic carbocycles. The molecule has 1 N–H and O–H groups in total. The van der Waals surface area contributed by atoms with Crippen LogP contribution >= 0.6 is 0 Å². The van der Waals surface area contributed by atoms with Gasteiger partial charge in [0.15, 0.2) is 6.61 Å². The molecule has 1 aromatic rings. The largest absolute Gasteiger partial charge is 0.457 e. The average molecular weight is 261 g/mol. The lowest BCUT2D eigenvalue weighted by Gasteiger charge is -2.19. The van der Waals surface area contributed by atoms with Crippen LogP contribution in [0.3, 0.4) is 0 Å². The molecule has 0 bridgehead atoms. The quantitative estimate of drug-likeness (QED) is 0.800. The molecule has 0 amide bonds. The van der Waals surface area contributed by atoms with E-state index in [0.29, 0.717) is 19.0 Å². The standard InChI is InChI=1S/C10H17F2N5O/c1-4-17(5-2)9-14-8(13-3)15-10(16-9)18-6-7(11)12/h7H,4-6H2,1-3H3,(H,13,14,15,16). The van der Waals surface area contributed by atoms with Gasteiger partial charge in [-0.2, -0.15) is 15.0 Å². The Morgan fingerprint density at radius 1 is 1.22 bits per heavy atom. The maximum Gasteiger partial charge on any atom is 0.323 e. The summed E-state index contributed by atoms with van der Waals surface area (Å²) in [6.07, 6.45) is -2.56. The van der Waals surface area contributed by atoms with E-state index in [4.69, 9.17) is 4.74 Å². The van der Waals surface area contributed by atoms with Crippen LogP contribution in [0.1, 0.15) is 13.8 Å². The van der Waals surface area contributed by atoms with Crippen molar-refractivity contribution in [2.45, 2.75) is 20.3 Å². The highest BCUT2D eigenvalue weighted by Crippen LogP contribution is 2.14. The molecular formula is C10H17F2N5O. The molecule has 8 heteroatoms. The average Bonchev–Trinajstić information content (AvgIpc) is 2.37. The van der Waals surface area contributed by atoms with Gasteiger partial charge in [-0.15, -0.1) is 0 Å². The number of halogens is 2. The highest BCUT2D eigenvalue weighted by atomic mass is 19.3. The van der Waals surface area contributed by atoms with Crippen LogP contribution in [0, 0.1) is 0 Å². The summed E-state index contributed by atoms with van der Waals surface area (Å²) in [6, 6.07) is -0.100. The van der Waals surface area contributed by atoms with Gasteiger partial charge in [0.25, 0.3) is 6.43 Å². The van der Waals surface area contributed by atoms with E-state index >= 15 is 0 Å². The van der Waals surface area contributed by atoms with E-state index in [1.165, 1.54) is 0 Å². The summed E-state index contributed by atoms with van der Waals surface area (Å²) in [4.78, 5) is 13.9. The Morgan fingerprint density at radius 3 is 2.39 bits per heavy atom. The molecule has 0 unspecified atom stereocenters. The highest BCUT2D eigenvalue weighted by molar-refractivity contribution is 5.37. The van der Waals surface area contributed by atoms with E-state index in [0.717, 1.165) is 0 Å². The first-order valence-electron chi connectivity index (χ1n) is 5.70. The Hall–Kier alpha value is -1.73. The molecule has 0 aliphatic rings. The molecule has 0 aromatic carbocycles. The predicted molar refractivity (Wildman–Crippen MR) is 64.4 cm³/mol. The van der Waals surface area contributed by atoms with Crippen molar-refractivity contribution in [3.63, 3.8) is 0 Å². The molecule has 0 saturated carbocycles. The Kier molecular flexibility index (Phi) is 5.47. The van der Waals surface area contributed by atoms with Gasteiger partial charge in [-0.3, -0.25) is 0 Å². The first kappa shape index (κ1) is 14.3. The number of rotatable bonds is 7. The van der Waals surface area contributed by atoms with E-state index in [-0.39, 0.29) is 12.0 Å². The Balaban J connectivity index is 2.93.